The van der Waals surface area contributed by atoms with Crippen LogP contribution in [0.4, 0.5) is 0 Å². The molecule has 2 saturated carbocycles. The Morgan fingerprint density at radius 2 is 1.10 bits per heavy atom. The summed E-state index contributed by atoms with van der Waals surface area (Å²) in [5.74, 6) is 3.79. The van der Waals surface area contributed by atoms with Crippen molar-refractivity contribution in [2.24, 2.45) is 11.8 Å². The summed E-state index contributed by atoms with van der Waals surface area (Å²) < 4.78 is 11.7. The lowest BCUT2D eigenvalue weighted by atomic mass is 9.92. The molecule has 234 valence electrons. The molecule has 0 radical (unpaired) electrons. The van der Waals surface area contributed by atoms with Gasteiger partial charge in [0.2, 0.25) is 0 Å². The second kappa shape index (κ2) is 13.5. The summed E-state index contributed by atoms with van der Waals surface area (Å²) in [6.45, 7) is 24.3. The molecule has 0 spiro atoms. The Kier molecular flexibility index (Phi) is 10.9. The normalized spacial score (nSPS) is 21.0. The highest BCUT2D eigenvalue weighted by atomic mass is 31.1. The van der Waals surface area contributed by atoms with Crippen molar-refractivity contribution in [1.82, 2.24) is 0 Å². The third-order valence-corrected chi connectivity index (χ3v) is 17.1. The fourth-order valence-electron chi connectivity index (χ4n) is 9.11. The van der Waals surface area contributed by atoms with Gasteiger partial charge in [-0.1, -0.05) is 81.6 Å². The van der Waals surface area contributed by atoms with E-state index in [9.17, 15) is 0 Å². The molecule has 2 aromatic carbocycles. The number of ether oxygens (including phenoxy) is 2. The van der Waals surface area contributed by atoms with Gasteiger partial charge in [-0.05, 0) is 145 Å². The minimum Gasteiger partial charge on any atom is -0.496 e. The molecule has 0 aromatic heterocycles. The fourth-order valence-corrected chi connectivity index (χ4v) is 18.1. The molecule has 2 fully saturated rings. The molecule has 3 unspecified atom stereocenters. The second-order valence-corrected chi connectivity index (χ2v) is 21.9. The first-order valence-electron chi connectivity index (χ1n) is 16.6. The molecular weight excluding hydrogens is 550 g/mol. The van der Waals surface area contributed by atoms with Crippen LogP contribution in [0.25, 0.3) is 0 Å². The molecule has 0 heterocycles. The highest BCUT2D eigenvalue weighted by Crippen LogP contribution is 2.69. The average molecular weight is 611 g/mol. The van der Waals surface area contributed by atoms with Crippen LogP contribution in [0.5, 0.6) is 11.5 Å². The molecule has 42 heavy (non-hydrogen) atoms. The van der Waals surface area contributed by atoms with Crippen molar-refractivity contribution in [3.8, 4) is 11.5 Å². The minimum atomic E-state index is -0.538. The van der Waals surface area contributed by atoms with Crippen molar-refractivity contribution in [3.05, 3.63) is 46.5 Å². The van der Waals surface area contributed by atoms with Crippen molar-refractivity contribution in [3.63, 3.8) is 0 Å². The Bertz CT molecular complexity index is 1100. The van der Waals surface area contributed by atoms with Gasteiger partial charge < -0.3 is 9.47 Å². The predicted octanol–water partition coefficient (Wildman–Crippen LogP) is 10.6. The molecule has 2 aromatic rings. The summed E-state index contributed by atoms with van der Waals surface area (Å²) in [5, 5.41) is 3.76. The first-order valence-corrected chi connectivity index (χ1v) is 19.4. The third-order valence-electron chi connectivity index (χ3n) is 10.0. The maximum atomic E-state index is 5.84. The molecule has 3 atom stereocenters. The van der Waals surface area contributed by atoms with E-state index >= 15 is 0 Å². The molecule has 4 rings (SSSR count). The van der Waals surface area contributed by atoms with Crippen molar-refractivity contribution in [2.45, 2.75) is 142 Å². The summed E-state index contributed by atoms with van der Waals surface area (Å²) in [5.41, 5.74) is 6.61. The van der Waals surface area contributed by atoms with E-state index in [1.54, 1.807) is 0 Å². The van der Waals surface area contributed by atoms with Gasteiger partial charge >= 0.3 is 0 Å². The van der Waals surface area contributed by atoms with Crippen LogP contribution < -0.4 is 20.1 Å². The van der Waals surface area contributed by atoms with Crippen LogP contribution in [-0.2, 0) is 0 Å². The van der Waals surface area contributed by atoms with Gasteiger partial charge in [0.05, 0.1) is 14.2 Å². The smallest absolute Gasteiger partial charge is 0.124 e. The molecule has 0 N–H and O–H groups in total. The number of methoxy groups -OCH3 is 2. The van der Waals surface area contributed by atoms with Crippen LogP contribution in [0.1, 0.15) is 115 Å². The van der Waals surface area contributed by atoms with Crippen molar-refractivity contribution < 1.29 is 9.47 Å². The van der Waals surface area contributed by atoms with E-state index in [0.717, 1.165) is 29.0 Å². The standard InChI is InChI=1S/C38H60O2P2/c1-25-20-30(21-26(2)35(25)39-11)41(31-22-27(3)36(40-12)28(4)23-31)33-19-15-18-32(33)34(24-29-16-13-14-17-29)42(37(5,6)7)38(8,9)10/h20-23,29,32-34H,13-19,24H2,1-12H3. The lowest BCUT2D eigenvalue weighted by Crippen LogP contribution is -2.39. The highest BCUT2D eigenvalue weighted by molar-refractivity contribution is 7.73. The zero-order valence-corrected chi connectivity index (χ0v) is 30.8. The SMILES string of the molecule is COc1c(C)cc(P(c2cc(C)c(OC)c(C)c2)C2CCCC2C(CC2CCCC2)P(C(C)(C)C)C(C)(C)C)cc1C. The molecule has 2 aliphatic rings. The van der Waals surface area contributed by atoms with Crippen molar-refractivity contribution in [1.29, 1.82) is 0 Å². The third kappa shape index (κ3) is 7.23. The largest absolute Gasteiger partial charge is 0.496 e. The predicted molar refractivity (Wildman–Crippen MR) is 189 cm³/mol. The van der Waals surface area contributed by atoms with Crippen molar-refractivity contribution >= 4 is 26.5 Å². The average Bonchev–Trinajstić information content (AvgIpc) is 3.54. The summed E-state index contributed by atoms with van der Waals surface area (Å²) in [4.78, 5) is 0. The van der Waals surface area contributed by atoms with Crippen molar-refractivity contribution in [2.75, 3.05) is 14.2 Å². The van der Waals surface area contributed by atoms with Gasteiger partial charge in [-0.25, -0.2) is 0 Å². The molecule has 0 saturated heterocycles. The molecule has 0 aliphatic heterocycles. The van der Waals surface area contributed by atoms with Gasteiger partial charge in [0.15, 0.2) is 0 Å². The van der Waals surface area contributed by atoms with Gasteiger partial charge in [-0.15, -0.1) is 0 Å². The second-order valence-electron chi connectivity index (χ2n) is 15.4. The van der Waals surface area contributed by atoms with Gasteiger partial charge in [0, 0.05) is 0 Å². The van der Waals surface area contributed by atoms with Gasteiger partial charge in [0.1, 0.15) is 11.5 Å². The number of rotatable bonds is 9. The van der Waals surface area contributed by atoms with E-state index in [1.807, 2.05) is 14.2 Å². The van der Waals surface area contributed by atoms with Gasteiger partial charge in [-0.2, -0.15) is 0 Å². The fraction of sp³-hybridized carbons (Fsp3) is 0.684. The van der Waals surface area contributed by atoms with E-state index in [2.05, 4.69) is 93.5 Å². The van der Waals surface area contributed by atoms with Crippen LogP contribution in [-0.4, -0.2) is 35.8 Å². The van der Waals surface area contributed by atoms with E-state index in [-0.39, 0.29) is 7.92 Å². The maximum Gasteiger partial charge on any atom is 0.124 e. The quantitative estimate of drug-likeness (QED) is 0.263. The van der Waals surface area contributed by atoms with Gasteiger partial charge in [0.25, 0.3) is 0 Å². The Balaban J connectivity index is 1.90. The molecule has 4 heteroatoms. The van der Waals surface area contributed by atoms with Crippen LogP contribution >= 0.6 is 15.8 Å². The Morgan fingerprint density at radius 3 is 1.48 bits per heavy atom. The molecule has 0 amide bonds. The summed E-state index contributed by atoms with van der Waals surface area (Å²) in [6, 6.07) is 9.91. The minimum absolute atomic E-state index is 0.193. The first kappa shape index (κ1) is 33.8. The lowest BCUT2D eigenvalue weighted by molar-refractivity contribution is 0.405. The van der Waals surface area contributed by atoms with Crippen LogP contribution in [0.3, 0.4) is 0 Å². The first-order chi connectivity index (χ1) is 19.7. The Hall–Kier alpha value is -1.10. The van der Waals surface area contributed by atoms with Crippen LogP contribution in [0, 0.1) is 39.5 Å². The summed E-state index contributed by atoms with van der Waals surface area (Å²) >= 11 is 0. The molecule has 2 aliphatic carbocycles. The zero-order valence-electron chi connectivity index (χ0n) is 29.0. The van der Waals surface area contributed by atoms with Crippen LogP contribution in [0.2, 0.25) is 0 Å². The van der Waals surface area contributed by atoms with Crippen LogP contribution in [0.15, 0.2) is 24.3 Å². The number of hydrogen-bond donors (Lipinski definition) is 0. The number of hydrogen-bond acceptors (Lipinski definition) is 2. The molecule has 2 nitrogen and oxygen atoms in total. The Labute approximate surface area is 261 Å². The van der Waals surface area contributed by atoms with Gasteiger partial charge in [-0.3, -0.25) is 0 Å². The zero-order chi connectivity index (χ0) is 31.0. The highest BCUT2D eigenvalue weighted by Gasteiger charge is 2.48. The van der Waals surface area contributed by atoms with E-state index in [0.29, 0.717) is 16.0 Å². The summed E-state index contributed by atoms with van der Waals surface area (Å²) in [6.07, 6.45) is 11.4. The molecule has 0 bridgehead atoms. The number of aryl methyl sites for hydroxylation is 4. The lowest BCUT2D eigenvalue weighted by Gasteiger charge is -2.51. The number of benzene rings is 2. The topological polar surface area (TPSA) is 18.5 Å². The summed E-state index contributed by atoms with van der Waals surface area (Å²) in [7, 11) is 2.90. The van der Waals surface area contributed by atoms with E-state index < -0.39 is 7.92 Å². The van der Waals surface area contributed by atoms with E-state index in [4.69, 9.17) is 9.47 Å². The monoisotopic (exact) mass is 610 g/mol. The Morgan fingerprint density at radius 1 is 0.667 bits per heavy atom. The maximum absolute atomic E-state index is 5.84. The van der Waals surface area contributed by atoms with E-state index in [1.165, 1.54) is 84.2 Å². The molecular formula is C38H60O2P2.